The minimum Gasteiger partial charge on any atom is -0.374 e. The molecular weight excluding hydrogens is 513 g/mol. The number of hydrogen-bond donors (Lipinski definition) is 2. The summed E-state index contributed by atoms with van der Waals surface area (Å²) in [5.74, 6) is 4.98. The molecule has 0 bridgehead atoms. The van der Waals surface area contributed by atoms with Crippen molar-refractivity contribution in [3.05, 3.63) is 102 Å². The van der Waals surface area contributed by atoms with Crippen molar-refractivity contribution in [3.63, 3.8) is 0 Å². The van der Waals surface area contributed by atoms with Crippen molar-refractivity contribution in [2.24, 2.45) is 0 Å². The molecule has 2 N–H and O–H groups in total. The average Bonchev–Trinajstić information content (AvgIpc) is 3.39. The lowest BCUT2D eigenvalue weighted by Crippen LogP contribution is -2.18. The zero-order valence-electron chi connectivity index (χ0n) is 21.0. The van der Waals surface area contributed by atoms with E-state index in [-0.39, 0.29) is 24.4 Å². The Morgan fingerprint density at radius 2 is 1.87 bits per heavy atom. The lowest BCUT2D eigenvalue weighted by atomic mass is 10.1. The zero-order chi connectivity index (χ0) is 27.0. The minimum atomic E-state index is -0.357. The maximum atomic E-state index is 13.6. The molecule has 194 valence electrons. The SMILES string of the molecule is CC#CC(=O)Nc1ccc(-c2nc3c(N[C@H](COCc4cccc(F)c4)c4ccccc4)ncnc3s2)cc1. The van der Waals surface area contributed by atoms with Crippen molar-refractivity contribution in [1.29, 1.82) is 0 Å². The van der Waals surface area contributed by atoms with Crippen LogP contribution >= 0.6 is 11.3 Å². The molecule has 0 radical (unpaired) electrons. The molecule has 2 aromatic heterocycles. The molecule has 0 unspecified atom stereocenters. The first-order valence-corrected chi connectivity index (χ1v) is 13.0. The van der Waals surface area contributed by atoms with Gasteiger partial charge in [0, 0.05) is 11.3 Å². The highest BCUT2D eigenvalue weighted by molar-refractivity contribution is 7.21. The van der Waals surface area contributed by atoms with E-state index in [1.165, 1.54) is 29.8 Å². The molecule has 39 heavy (non-hydrogen) atoms. The molecule has 0 aliphatic heterocycles. The molecule has 0 fully saturated rings. The van der Waals surface area contributed by atoms with Crippen LogP contribution in [0.4, 0.5) is 15.9 Å². The number of nitrogens with zero attached hydrogens (tertiary/aromatic N) is 3. The summed E-state index contributed by atoms with van der Waals surface area (Å²) in [6.45, 7) is 2.23. The van der Waals surface area contributed by atoms with Gasteiger partial charge in [-0.15, -0.1) is 0 Å². The lowest BCUT2D eigenvalue weighted by molar-refractivity contribution is -0.111. The van der Waals surface area contributed by atoms with E-state index >= 15 is 0 Å². The van der Waals surface area contributed by atoms with Crippen molar-refractivity contribution >= 4 is 39.1 Å². The number of thiazole rings is 1. The molecule has 0 aliphatic rings. The standard InChI is InChI=1S/C30H24FN5O2S/c1-2-7-26(37)34-24-14-12-22(13-15-24)29-36-27-28(32-19-33-30(27)39-29)35-25(21-9-4-3-5-10-21)18-38-17-20-8-6-11-23(31)16-20/h3-6,8-16,19,25H,17-18H2,1H3,(H,34,37)(H,32,33,35)/t25-/m1/s1. The fraction of sp³-hybridized carbons (Fsp3) is 0.133. The van der Waals surface area contributed by atoms with Gasteiger partial charge in [-0.05, 0) is 60.4 Å². The van der Waals surface area contributed by atoms with Crippen LogP contribution in [-0.2, 0) is 16.1 Å². The number of ether oxygens (including phenoxy) is 1. The van der Waals surface area contributed by atoms with Gasteiger partial charge in [-0.2, -0.15) is 0 Å². The molecule has 5 aromatic rings. The Morgan fingerprint density at radius 3 is 2.64 bits per heavy atom. The van der Waals surface area contributed by atoms with Crippen molar-refractivity contribution in [2.75, 3.05) is 17.2 Å². The lowest BCUT2D eigenvalue weighted by Gasteiger charge is -2.20. The maximum absolute atomic E-state index is 13.6. The van der Waals surface area contributed by atoms with Crippen LogP contribution in [0.2, 0.25) is 0 Å². The Morgan fingerprint density at radius 1 is 1.05 bits per heavy atom. The Hall–Kier alpha value is -4.65. The molecular formula is C30H24FN5O2S. The maximum Gasteiger partial charge on any atom is 0.300 e. The Labute approximate surface area is 229 Å². The normalized spacial score (nSPS) is 11.4. The molecule has 1 atom stereocenters. The number of benzene rings is 3. The van der Waals surface area contributed by atoms with E-state index in [1.54, 1.807) is 13.0 Å². The zero-order valence-corrected chi connectivity index (χ0v) is 21.8. The van der Waals surface area contributed by atoms with Crippen LogP contribution in [0.3, 0.4) is 0 Å². The van der Waals surface area contributed by atoms with Crippen LogP contribution in [0.5, 0.6) is 0 Å². The number of amides is 1. The third-order valence-electron chi connectivity index (χ3n) is 5.78. The topological polar surface area (TPSA) is 89.0 Å². The van der Waals surface area contributed by atoms with E-state index in [1.807, 2.05) is 60.7 Å². The van der Waals surface area contributed by atoms with Gasteiger partial charge in [-0.1, -0.05) is 59.7 Å². The van der Waals surface area contributed by atoms with Crippen molar-refractivity contribution in [3.8, 4) is 22.4 Å². The van der Waals surface area contributed by atoms with Crippen molar-refractivity contribution in [2.45, 2.75) is 19.6 Å². The van der Waals surface area contributed by atoms with Gasteiger partial charge in [0.1, 0.15) is 27.5 Å². The molecule has 7 nitrogen and oxygen atoms in total. The molecule has 0 saturated heterocycles. The second kappa shape index (κ2) is 12.3. The second-order valence-corrected chi connectivity index (χ2v) is 9.53. The fourth-order valence-corrected chi connectivity index (χ4v) is 4.86. The number of carbonyl (C=O) groups excluding carboxylic acids is 1. The third-order valence-corrected chi connectivity index (χ3v) is 6.79. The molecule has 2 heterocycles. The summed E-state index contributed by atoms with van der Waals surface area (Å²) in [4.78, 5) is 26.2. The summed E-state index contributed by atoms with van der Waals surface area (Å²) in [5.41, 5.74) is 3.98. The molecule has 1 amide bonds. The average molecular weight is 538 g/mol. The minimum absolute atomic E-state index is 0.225. The molecule has 0 aliphatic carbocycles. The summed E-state index contributed by atoms with van der Waals surface area (Å²) >= 11 is 1.45. The van der Waals surface area contributed by atoms with E-state index in [2.05, 4.69) is 32.4 Å². The monoisotopic (exact) mass is 537 g/mol. The predicted molar refractivity (Wildman–Crippen MR) is 152 cm³/mol. The number of aromatic nitrogens is 3. The van der Waals surface area contributed by atoms with Gasteiger partial charge in [0.2, 0.25) is 0 Å². The molecule has 0 spiro atoms. The first-order chi connectivity index (χ1) is 19.1. The summed E-state index contributed by atoms with van der Waals surface area (Å²) in [6, 6.07) is 23.5. The van der Waals surface area contributed by atoms with Crippen molar-refractivity contribution in [1.82, 2.24) is 15.0 Å². The Kier molecular flexibility index (Phi) is 8.17. The smallest absolute Gasteiger partial charge is 0.300 e. The first-order valence-electron chi connectivity index (χ1n) is 12.2. The number of halogens is 1. The van der Waals surface area contributed by atoms with Gasteiger partial charge in [0.25, 0.3) is 5.91 Å². The van der Waals surface area contributed by atoms with Crippen molar-refractivity contribution < 1.29 is 13.9 Å². The van der Waals surface area contributed by atoms with E-state index < -0.39 is 0 Å². The molecule has 0 saturated carbocycles. The van der Waals surface area contributed by atoms with Gasteiger partial charge in [-0.25, -0.2) is 19.3 Å². The van der Waals surface area contributed by atoms with Crippen LogP contribution in [0, 0.1) is 17.7 Å². The predicted octanol–water partition coefficient (Wildman–Crippen LogP) is 6.22. The van der Waals surface area contributed by atoms with Crippen LogP contribution < -0.4 is 10.6 Å². The first kappa shape index (κ1) is 26.0. The molecule has 5 rings (SSSR count). The third kappa shape index (κ3) is 6.62. The van der Waals surface area contributed by atoms with Gasteiger partial charge >= 0.3 is 0 Å². The van der Waals surface area contributed by atoms with Gasteiger partial charge < -0.3 is 15.4 Å². The summed E-state index contributed by atoms with van der Waals surface area (Å²) in [7, 11) is 0. The number of fused-ring (bicyclic) bond motifs is 1. The summed E-state index contributed by atoms with van der Waals surface area (Å²) in [6.07, 6.45) is 1.51. The number of carbonyl (C=O) groups is 1. The molecule has 9 heteroatoms. The van der Waals surface area contributed by atoms with Gasteiger partial charge in [0.05, 0.1) is 19.3 Å². The van der Waals surface area contributed by atoms with Crippen LogP contribution in [0.25, 0.3) is 20.9 Å². The summed E-state index contributed by atoms with van der Waals surface area (Å²) in [5, 5.41) is 6.99. The number of hydrogen-bond acceptors (Lipinski definition) is 7. The quantitative estimate of drug-likeness (QED) is 0.217. The highest BCUT2D eigenvalue weighted by Crippen LogP contribution is 2.33. The van der Waals surface area contributed by atoms with E-state index in [0.717, 1.165) is 26.5 Å². The van der Waals surface area contributed by atoms with E-state index in [0.29, 0.717) is 23.6 Å². The van der Waals surface area contributed by atoms with Gasteiger partial charge in [0.15, 0.2) is 5.82 Å². The van der Waals surface area contributed by atoms with Gasteiger partial charge in [-0.3, -0.25) is 4.79 Å². The number of rotatable bonds is 9. The second-order valence-electron chi connectivity index (χ2n) is 8.55. The molecule has 3 aromatic carbocycles. The number of anilines is 2. The largest absolute Gasteiger partial charge is 0.374 e. The highest BCUT2D eigenvalue weighted by Gasteiger charge is 2.18. The Bertz CT molecular complexity index is 1650. The Balaban J connectivity index is 1.36. The van der Waals surface area contributed by atoms with Crippen LogP contribution in [0.15, 0.2) is 85.2 Å². The summed E-state index contributed by atoms with van der Waals surface area (Å²) < 4.78 is 19.5. The van der Waals surface area contributed by atoms with Crippen LogP contribution in [-0.4, -0.2) is 27.5 Å². The number of nitrogens with one attached hydrogen (secondary N) is 2. The van der Waals surface area contributed by atoms with Crippen LogP contribution in [0.1, 0.15) is 24.1 Å². The van der Waals surface area contributed by atoms with E-state index in [9.17, 15) is 9.18 Å². The van der Waals surface area contributed by atoms with E-state index in [4.69, 9.17) is 9.72 Å². The highest BCUT2D eigenvalue weighted by atomic mass is 32.1. The fourth-order valence-electron chi connectivity index (χ4n) is 3.95.